The quantitative estimate of drug-likeness (QED) is 0.726. The summed E-state index contributed by atoms with van der Waals surface area (Å²) in [5.74, 6) is 0.00260. The predicted molar refractivity (Wildman–Crippen MR) is 88.2 cm³/mol. The molecule has 1 aliphatic rings. The van der Waals surface area contributed by atoms with Gasteiger partial charge in [-0.15, -0.1) is 5.10 Å². The van der Waals surface area contributed by atoms with Gasteiger partial charge in [0.25, 0.3) is 5.91 Å². The lowest BCUT2D eigenvalue weighted by Crippen LogP contribution is -2.41. The Labute approximate surface area is 142 Å². The summed E-state index contributed by atoms with van der Waals surface area (Å²) in [4.78, 5) is 19.2. The van der Waals surface area contributed by atoms with Crippen LogP contribution in [0.1, 0.15) is 28.2 Å². The highest BCUT2D eigenvalue weighted by Crippen LogP contribution is 2.24. The molecule has 0 saturated carbocycles. The Balaban J connectivity index is 1.37. The summed E-state index contributed by atoms with van der Waals surface area (Å²) in [6.45, 7) is 3.09. The predicted octanol–water partition coefficient (Wildman–Crippen LogP) is 2.67. The van der Waals surface area contributed by atoms with E-state index < -0.39 is 0 Å². The first kappa shape index (κ1) is 15.1. The molecule has 3 aromatic rings. The fourth-order valence-corrected chi connectivity index (χ4v) is 3.42. The van der Waals surface area contributed by atoms with E-state index in [2.05, 4.69) is 14.6 Å². The van der Waals surface area contributed by atoms with E-state index in [0.29, 0.717) is 35.3 Å². The maximum absolute atomic E-state index is 12.4. The lowest BCUT2D eigenvalue weighted by Gasteiger charge is -2.30. The fraction of sp³-hybridized carbons (Fsp3) is 0.375. The normalized spacial score (nSPS) is 15.8. The molecule has 24 heavy (non-hydrogen) atoms. The van der Waals surface area contributed by atoms with Crippen LogP contribution < -0.4 is 4.74 Å². The van der Waals surface area contributed by atoms with Crippen molar-refractivity contribution < 1.29 is 13.9 Å². The van der Waals surface area contributed by atoms with Crippen LogP contribution >= 0.6 is 11.5 Å². The van der Waals surface area contributed by atoms with Crippen molar-refractivity contribution in [3.05, 3.63) is 34.8 Å². The molecule has 1 aromatic carbocycles. The van der Waals surface area contributed by atoms with E-state index in [1.54, 1.807) is 6.92 Å². The third-order valence-corrected chi connectivity index (χ3v) is 4.93. The molecule has 3 heterocycles. The topological polar surface area (TPSA) is 81.4 Å². The summed E-state index contributed by atoms with van der Waals surface area (Å²) in [5, 5.41) is 3.90. The summed E-state index contributed by atoms with van der Waals surface area (Å²) < 4.78 is 15.3. The molecular formula is C16H16N4O3S. The summed E-state index contributed by atoms with van der Waals surface area (Å²) in [5.41, 5.74) is 2.19. The lowest BCUT2D eigenvalue weighted by atomic mass is 10.1. The van der Waals surface area contributed by atoms with Crippen LogP contribution in [0, 0.1) is 6.92 Å². The van der Waals surface area contributed by atoms with E-state index >= 15 is 0 Å². The number of aryl methyl sites for hydroxylation is 1. The summed E-state index contributed by atoms with van der Waals surface area (Å²) in [6, 6.07) is 7.56. The Hall–Kier alpha value is -2.48. The number of carbonyl (C=O) groups excluding carboxylic acids is 1. The van der Waals surface area contributed by atoms with Crippen molar-refractivity contribution in [3.63, 3.8) is 0 Å². The van der Waals surface area contributed by atoms with Crippen molar-refractivity contribution in [1.29, 1.82) is 0 Å². The van der Waals surface area contributed by atoms with E-state index in [1.165, 1.54) is 0 Å². The minimum atomic E-state index is 0.00259. The lowest BCUT2D eigenvalue weighted by molar-refractivity contribution is 0.0539. The second kappa shape index (κ2) is 6.20. The van der Waals surface area contributed by atoms with Gasteiger partial charge in [0.1, 0.15) is 16.5 Å². The van der Waals surface area contributed by atoms with Gasteiger partial charge in [0.2, 0.25) is 0 Å². The van der Waals surface area contributed by atoms with Crippen molar-refractivity contribution in [1.82, 2.24) is 19.5 Å². The Morgan fingerprint density at radius 2 is 2.12 bits per heavy atom. The number of fused-ring (bicyclic) bond motifs is 1. The van der Waals surface area contributed by atoms with Crippen molar-refractivity contribution in [2.75, 3.05) is 13.1 Å². The molecule has 1 saturated heterocycles. The molecule has 0 unspecified atom stereocenters. The van der Waals surface area contributed by atoms with Gasteiger partial charge in [-0.1, -0.05) is 16.6 Å². The van der Waals surface area contributed by atoms with Crippen LogP contribution in [0.2, 0.25) is 0 Å². The van der Waals surface area contributed by atoms with E-state index in [0.717, 1.165) is 29.9 Å². The molecule has 0 bridgehead atoms. The number of hydrogen-bond donors (Lipinski definition) is 0. The van der Waals surface area contributed by atoms with Crippen LogP contribution in [0.3, 0.4) is 0 Å². The zero-order valence-corrected chi connectivity index (χ0v) is 14.0. The van der Waals surface area contributed by atoms with Gasteiger partial charge in [-0.25, -0.2) is 0 Å². The SMILES string of the molecule is Cc1nnsc1C(=O)N1CCC(Oc2nc3ccccc3o2)CC1. The Kier molecular flexibility index (Phi) is 3.89. The van der Waals surface area contributed by atoms with E-state index in [4.69, 9.17) is 9.15 Å². The minimum Gasteiger partial charge on any atom is -0.447 e. The largest absolute Gasteiger partial charge is 0.447 e. The molecule has 1 aliphatic heterocycles. The molecule has 0 aliphatic carbocycles. The number of likely N-dealkylation sites (tertiary alicyclic amines) is 1. The van der Waals surface area contributed by atoms with Gasteiger partial charge in [0.15, 0.2) is 5.58 Å². The number of ether oxygens (including phenoxy) is 1. The number of rotatable bonds is 3. The number of aromatic nitrogens is 3. The first-order valence-corrected chi connectivity index (χ1v) is 8.58. The Morgan fingerprint density at radius 1 is 1.33 bits per heavy atom. The number of carbonyl (C=O) groups is 1. The Bertz CT molecular complexity index is 834. The van der Waals surface area contributed by atoms with Crippen LogP contribution in [0.25, 0.3) is 11.1 Å². The van der Waals surface area contributed by atoms with Crippen LogP contribution in [0.15, 0.2) is 28.7 Å². The van der Waals surface area contributed by atoms with Gasteiger partial charge < -0.3 is 14.1 Å². The van der Waals surface area contributed by atoms with Crippen LogP contribution in [-0.2, 0) is 0 Å². The highest BCUT2D eigenvalue weighted by Gasteiger charge is 2.27. The third kappa shape index (κ3) is 2.84. The van der Waals surface area contributed by atoms with Gasteiger partial charge in [-0.05, 0) is 30.6 Å². The van der Waals surface area contributed by atoms with Crippen LogP contribution in [-0.4, -0.2) is 44.6 Å². The number of benzene rings is 1. The zero-order chi connectivity index (χ0) is 16.5. The first-order chi connectivity index (χ1) is 11.7. The van der Waals surface area contributed by atoms with Gasteiger partial charge in [-0.3, -0.25) is 4.79 Å². The number of nitrogens with zero attached hydrogens (tertiary/aromatic N) is 4. The summed E-state index contributed by atoms with van der Waals surface area (Å²) >= 11 is 1.15. The van der Waals surface area contributed by atoms with Gasteiger partial charge >= 0.3 is 6.08 Å². The number of oxazole rings is 1. The highest BCUT2D eigenvalue weighted by atomic mass is 32.1. The van der Waals surface area contributed by atoms with Gasteiger partial charge in [-0.2, -0.15) is 4.98 Å². The summed E-state index contributed by atoms with van der Waals surface area (Å²) in [7, 11) is 0. The van der Waals surface area contributed by atoms with Crippen molar-refractivity contribution in [3.8, 4) is 6.08 Å². The van der Waals surface area contributed by atoms with Crippen LogP contribution in [0.4, 0.5) is 0 Å². The van der Waals surface area contributed by atoms with E-state index in [1.807, 2.05) is 29.2 Å². The second-order valence-corrected chi connectivity index (χ2v) is 6.50. The second-order valence-electron chi connectivity index (χ2n) is 5.74. The molecule has 8 heteroatoms. The highest BCUT2D eigenvalue weighted by molar-refractivity contribution is 7.07. The first-order valence-electron chi connectivity index (χ1n) is 7.81. The average molecular weight is 344 g/mol. The number of para-hydroxylation sites is 2. The monoisotopic (exact) mass is 344 g/mol. The molecule has 0 radical (unpaired) electrons. The smallest absolute Gasteiger partial charge is 0.394 e. The molecule has 0 spiro atoms. The van der Waals surface area contributed by atoms with Crippen molar-refractivity contribution >= 4 is 28.5 Å². The molecule has 0 N–H and O–H groups in total. The number of piperidine rings is 1. The molecule has 2 aromatic heterocycles. The van der Waals surface area contributed by atoms with Gasteiger partial charge in [0, 0.05) is 25.9 Å². The number of hydrogen-bond acceptors (Lipinski definition) is 7. The fourth-order valence-electron chi connectivity index (χ4n) is 2.79. The van der Waals surface area contributed by atoms with Crippen LogP contribution in [0.5, 0.6) is 6.08 Å². The summed E-state index contributed by atoms with van der Waals surface area (Å²) in [6.07, 6.45) is 1.79. The standard InChI is InChI=1S/C16H16N4O3S/c1-10-14(24-19-18-10)15(21)20-8-6-11(7-9-20)22-16-17-12-4-2-3-5-13(12)23-16/h2-5,11H,6-9H2,1H3. The van der Waals surface area contributed by atoms with Crippen molar-refractivity contribution in [2.45, 2.75) is 25.9 Å². The molecule has 124 valence electrons. The molecule has 1 fully saturated rings. The molecule has 4 rings (SSSR count). The van der Waals surface area contributed by atoms with E-state index in [9.17, 15) is 4.79 Å². The molecule has 1 amide bonds. The molecule has 7 nitrogen and oxygen atoms in total. The maximum atomic E-state index is 12.4. The van der Waals surface area contributed by atoms with Crippen molar-refractivity contribution in [2.24, 2.45) is 0 Å². The molecular weight excluding hydrogens is 328 g/mol. The minimum absolute atomic E-state index is 0.00259. The zero-order valence-electron chi connectivity index (χ0n) is 13.1. The van der Waals surface area contributed by atoms with Gasteiger partial charge in [0.05, 0.1) is 5.69 Å². The Morgan fingerprint density at radius 3 is 2.83 bits per heavy atom. The van der Waals surface area contributed by atoms with E-state index in [-0.39, 0.29) is 12.0 Å². The average Bonchev–Trinajstić information content (AvgIpc) is 3.20. The third-order valence-electron chi connectivity index (χ3n) is 4.12. The maximum Gasteiger partial charge on any atom is 0.394 e. The number of amides is 1. The molecule has 0 atom stereocenters.